The SMILES string of the molecule is O=C(O)N1CC2CN(Cc3cccc(Cl)c3N3CCC4(CCOCC4)C3)CC2C1. The van der Waals surface area contributed by atoms with Crippen LogP contribution in [0.4, 0.5) is 10.5 Å². The van der Waals surface area contributed by atoms with Gasteiger partial charge in [0.1, 0.15) is 0 Å². The zero-order valence-corrected chi connectivity index (χ0v) is 17.6. The number of para-hydroxylation sites is 1. The highest BCUT2D eigenvalue weighted by molar-refractivity contribution is 6.33. The predicted octanol–water partition coefficient (Wildman–Crippen LogP) is 3.39. The second kappa shape index (κ2) is 7.64. The second-order valence-corrected chi connectivity index (χ2v) is 9.84. The maximum absolute atomic E-state index is 11.2. The van der Waals surface area contributed by atoms with Gasteiger partial charge < -0.3 is 19.6 Å². The largest absolute Gasteiger partial charge is 0.465 e. The molecule has 5 rings (SSSR count). The topological polar surface area (TPSA) is 56.2 Å². The number of fused-ring (bicyclic) bond motifs is 1. The van der Waals surface area contributed by atoms with Gasteiger partial charge in [0.15, 0.2) is 0 Å². The van der Waals surface area contributed by atoms with Crippen LogP contribution in [0.2, 0.25) is 5.02 Å². The van der Waals surface area contributed by atoms with Gasteiger partial charge in [0.05, 0.1) is 10.7 Å². The number of hydrogen-bond acceptors (Lipinski definition) is 4. The predicted molar refractivity (Wildman–Crippen MR) is 113 cm³/mol. The van der Waals surface area contributed by atoms with Gasteiger partial charge in [-0.05, 0) is 48.1 Å². The fraction of sp³-hybridized carbons (Fsp3) is 0.682. The molecule has 1 N–H and O–H groups in total. The van der Waals surface area contributed by atoms with Gasteiger partial charge in [0.25, 0.3) is 0 Å². The molecule has 1 aromatic rings. The standard InChI is InChI=1S/C22H30ClN3O3/c23-19-3-1-2-16(10-24-11-17-13-26(21(27)28)14-18(17)12-24)20(19)25-7-4-22(15-25)5-8-29-9-6-22/h1-3,17-18H,4-15H2,(H,27,28). The minimum absolute atomic E-state index is 0.389. The average molecular weight is 420 g/mol. The van der Waals surface area contributed by atoms with E-state index in [2.05, 4.69) is 21.9 Å². The molecule has 29 heavy (non-hydrogen) atoms. The minimum atomic E-state index is -0.779. The van der Waals surface area contributed by atoms with Gasteiger partial charge in [-0.3, -0.25) is 4.90 Å². The maximum Gasteiger partial charge on any atom is 0.407 e. The van der Waals surface area contributed by atoms with Crippen LogP contribution in [0.3, 0.4) is 0 Å². The van der Waals surface area contributed by atoms with Gasteiger partial charge in [-0.25, -0.2) is 4.79 Å². The van der Waals surface area contributed by atoms with Crippen LogP contribution in [0.1, 0.15) is 24.8 Å². The number of anilines is 1. The molecule has 1 aromatic carbocycles. The van der Waals surface area contributed by atoms with E-state index in [9.17, 15) is 9.90 Å². The summed E-state index contributed by atoms with van der Waals surface area (Å²) in [6.07, 6.45) is 2.75. The Morgan fingerprint density at radius 2 is 1.86 bits per heavy atom. The number of likely N-dealkylation sites (tertiary alicyclic amines) is 2. The van der Waals surface area contributed by atoms with E-state index in [4.69, 9.17) is 16.3 Å². The first-order chi connectivity index (χ1) is 14.0. The molecule has 4 heterocycles. The Hall–Kier alpha value is -1.50. The Bertz CT molecular complexity index is 769. The lowest BCUT2D eigenvalue weighted by atomic mass is 9.80. The van der Waals surface area contributed by atoms with Gasteiger partial charge in [0.2, 0.25) is 0 Å². The Morgan fingerprint density at radius 3 is 2.55 bits per heavy atom. The van der Waals surface area contributed by atoms with Gasteiger partial charge in [-0.2, -0.15) is 0 Å². The summed E-state index contributed by atoms with van der Waals surface area (Å²) in [5.41, 5.74) is 2.90. The quantitative estimate of drug-likeness (QED) is 0.813. The van der Waals surface area contributed by atoms with Crippen molar-refractivity contribution in [2.75, 3.05) is 57.4 Å². The molecule has 0 aliphatic carbocycles. The van der Waals surface area contributed by atoms with Crippen LogP contribution in [0.15, 0.2) is 18.2 Å². The molecule has 0 radical (unpaired) electrons. The van der Waals surface area contributed by atoms with Crippen molar-refractivity contribution in [3.05, 3.63) is 28.8 Å². The first kappa shape index (κ1) is 19.5. The molecule has 0 bridgehead atoms. The fourth-order valence-corrected chi connectivity index (χ4v) is 6.31. The van der Waals surface area contributed by atoms with E-state index in [0.717, 1.165) is 63.8 Å². The molecule has 158 valence electrons. The molecule has 4 saturated heterocycles. The van der Waals surface area contributed by atoms with E-state index in [-0.39, 0.29) is 0 Å². The van der Waals surface area contributed by atoms with Crippen molar-refractivity contribution >= 4 is 23.4 Å². The zero-order chi connectivity index (χ0) is 20.0. The van der Waals surface area contributed by atoms with Crippen molar-refractivity contribution in [3.8, 4) is 0 Å². The van der Waals surface area contributed by atoms with E-state index in [0.29, 0.717) is 30.3 Å². The summed E-state index contributed by atoms with van der Waals surface area (Å²) in [4.78, 5) is 17.8. The van der Waals surface area contributed by atoms with Crippen molar-refractivity contribution in [1.82, 2.24) is 9.80 Å². The van der Waals surface area contributed by atoms with Crippen LogP contribution >= 0.6 is 11.6 Å². The molecule has 4 fully saturated rings. The minimum Gasteiger partial charge on any atom is -0.465 e. The highest BCUT2D eigenvalue weighted by Gasteiger charge is 2.43. The first-order valence-electron chi connectivity index (χ1n) is 10.8. The number of hydrogen-bond donors (Lipinski definition) is 1. The van der Waals surface area contributed by atoms with E-state index in [1.54, 1.807) is 4.90 Å². The molecular formula is C22H30ClN3O3. The average Bonchev–Trinajstić information content (AvgIpc) is 3.36. The number of amides is 1. The Balaban J connectivity index is 1.29. The Labute approximate surface area is 177 Å². The van der Waals surface area contributed by atoms with Gasteiger partial charge >= 0.3 is 6.09 Å². The van der Waals surface area contributed by atoms with Crippen LogP contribution < -0.4 is 4.90 Å². The van der Waals surface area contributed by atoms with E-state index in [1.165, 1.54) is 17.7 Å². The van der Waals surface area contributed by atoms with Crippen molar-refractivity contribution < 1.29 is 14.6 Å². The Morgan fingerprint density at radius 1 is 1.14 bits per heavy atom. The third-order valence-corrected chi connectivity index (χ3v) is 7.91. The fourth-order valence-electron chi connectivity index (χ4n) is 6.00. The number of carbonyl (C=O) groups is 1. The molecule has 6 nitrogen and oxygen atoms in total. The third-order valence-electron chi connectivity index (χ3n) is 7.60. The molecule has 2 unspecified atom stereocenters. The van der Waals surface area contributed by atoms with Gasteiger partial charge in [-0.15, -0.1) is 0 Å². The summed E-state index contributed by atoms with van der Waals surface area (Å²) in [5.74, 6) is 0.928. The summed E-state index contributed by atoms with van der Waals surface area (Å²) in [5, 5.41) is 10.1. The van der Waals surface area contributed by atoms with Crippen LogP contribution in [0.5, 0.6) is 0 Å². The molecule has 0 saturated carbocycles. The first-order valence-corrected chi connectivity index (χ1v) is 11.2. The lowest BCUT2D eigenvalue weighted by Crippen LogP contribution is -2.34. The molecule has 0 aromatic heterocycles. The van der Waals surface area contributed by atoms with Gasteiger partial charge in [0, 0.05) is 59.0 Å². The lowest BCUT2D eigenvalue weighted by molar-refractivity contribution is 0.0254. The molecule has 4 aliphatic heterocycles. The summed E-state index contributed by atoms with van der Waals surface area (Å²) in [6, 6.07) is 6.29. The van der Waals surface area contributed by atoms with Crippen LogP contribution in [0.25, 0.3) is 0 Å². The molecule has 4 aliphatic rings. The van der Waals surface area contributed by atoms with Crippen LogP contribution in [-0.2, 0) is 11.3 Å². The van der Waals surface area contributed by atoms with Gasteiger partial charge in [-0.1, -0.05) is 23.7 Å². The molecule has 2 atom stereocenters. The molecule has 1 amide bonds. The van der Waals surface area contributed by atoms with Crippen molar-refractivity contribution in [2.45, 2.75) is 25.8 Å². The maximum atomic E-state index is 11.2. The van der Waals surface area contributed by atoms with Crippen molar-refractivity contribution in [3.63, 3.8) is 0 Å². The second-order valence-electron chi connectivity index (χ2n) is 9.43. The molecule has 7 heteroatoms. The highest BCUT2D eigenvalue weighted by Crippen LogP contribution is 2.44. The normalized spacial score (nSPS) is 29.0. The number of nitrogens with zero attached hydrogens (tertiary/aromatic N) is 3. The van der Waals surface area contributed by atoms with E-state index in [1.807, 2.05) is 6.07 Å². The summed E-state index contributed by atoms with van der Waals surface area (Å²) >= 11 is 6.72. The zero-order valence-electron chi connectivity index (χ0n) is 16.9. The van der Waals surface area contributed by atoms with Crippen molar-refractivity contribution in [1.29, 1.82) is 0 Å². The van der Waals surface area contributed by atoms with Crippen LogP contribution in [0, 0.1) is 17.3 Å². The van der Waals surface area contributed by atoms with E-state index >= 15 is 0 Å². The number of rotatable bonds is 3. The molecule has 1 spiro atoms. The number of ether oxygens (including phenoxy) is 1. The number of halogens is 1. The summed E-state index contributed by atoms with van der Waals surface area (Å²) in [6.45, 7) is 8.10. The lowest BCUT2D eigenvalue weighted by Gasteiger charge is -2.34. The smallest absolute Gasteiger partial charge is 0.407 e. The number of carboxylic acid groups (broad SMARTS) is 1. The monoisotopic (exact) mass is 419 g/mol. The third kappa shape index (κ3) is 3.71. The van der Waals surface area contributed by atoms with Crippen LogP contribution in [-0.4, -0.2) is 73.5 Å². The summed E-state index contributed by atoms with van der Waals surface area (Å²) in [7, 11) is 0. The van der Waals surface area contributed by atoms with Crippen molar-refractivity contribution in [2.24, 2.45) is 17.3 Å². The Kier molecular flexibility index (Phi) is 5.13. The summed E-state index contributed by atoms with van der Waals surface area (Å²) < 4.78 is 5.60. The number of benzene rings is 1. The molecular weight excluding hydrogens is 390 g/mol. The highest BCUT2D eigenvalue weighted by atomic mass is 35.5. The van der Waals surface area contributed by atoms with E-state index < -0.39 is 6.09 Å².